The van der Waals surface area contributed by atoms with E-state index in [1.807, 2.05) is 6.92 Å². The van der Waals surface area contributed by atoms with E-state index in [1.165, 1.54) is 0 Å². The zero-order valence-corrected chi connectivity index (χ0v) is 7.64. The van der Waals surface area contributed by atoms with E-state index in [1.54, 1.807) is 0 Å². The number of hydrogen-bond acceptors (Lipinski definition) is 4. The number of rotatable bonds is 2. The van der Waals surface area contributed by atoms with Crippen molar-refractivity contribution in [3.8, 4) is 0 Å². The Hall–Kier alpha value is -0.490. The van der Waals surface area contributed by atoms with Crippen molar-refractivity contribution < 1.29 is 4.42 Å². The Morgan fingerprint density at radius 1 is 1.55 bits per heavy atom. The Balaban J connectivity index is 2.81. The second kappa shape index (κ2) is 3.77. The van der Waals surface area contributed by atoms with E-state index in [0.29, 0.717) is 16.7 Å². The van der Waals surface area contributed by atoms with Gasteiger partial charge >= 0.3 is 6.01 Å². The first-order chi connectivity index (χ1) is 5.22. The van der Waals surface area contributed by atoms with Gasteiger partial charge < -0.3 is 4.42 Å². The molecule has 1 heterocycles. The summed E-state index contributed by atoms with van der Waals surface area (Å²) >= 11 is 7.67. The lowest BCUT2D eigenvalue weighted by atomic mass is 10.5. The number of hydrogen-bond donors (Lipinski definition) is 2. The molecule has 0 unspecified atom stereocenters. The molecule has 60 valence electrons. The van der Waals surface area contributed by atoms with Crippen LogP contribution >= 0.6 is 25.3 Å². The Morgan fingerprint density at radius 3 is 2.73 bits per heavy atom. The molecule has 0 N–H and O–H groups in total. The van der Waals surface area contributed by atoms with Gasteiger partial charge in [-0.2, -0.15) is 4.99 Å². The fourth-order valence-electron chi connectivity index (χ4n) is 0.518. The van der Waals surface area contributed by atoms with Gasteiger partial charge in [-0.1, -0.05) is 12.0 Å². The van der Waals surface area contributed by atoms with Crippen LogP contribution in [0.5, 0.6) is 0 Å². The van der Waals surface area contributed by atoms with Crippen LogP contribution in [0.15, 0.2) is 9.41 Å². The van der Waals surface area contributed by atoms with Gasteiger partial charge in [0, 0.05) is 6.42 Å². The summed E-state index contributed by atoms with van der Waals surface area (Å²) in [6, 6.07) is 0.196. The number of aryl methyl sites for hydroxylation is 1. The third-order valence-corrected chi connectivity index (χ3v) is 1.15. The van der Waals surface area contributed by atoms with E-state index in [-0.39, 0.29) is 6.01 Å². The summed E-state index contributed by atoms with van der Waals surface area (Å²) in [6.07, 6.45) is 0.705. The fourth-order valence-corrected chi connectivity index (χ4v) is 0.689. The third kappa shape index (κ3) is 2.55. The van der Waals surface area contributed by atoms with Gasteiger partial charge in [-0.05, 0) is 0 Å². The highest BCUT2D eigenvalue weighted by atomic mass is 32.2. The maximum absolute atomic E-state index is 5.04. The van der Waals surface area contributed by atoms with Crippen LogP contribution in [0.4, 0.5) is 6.01 Å². The number of aliphatic imine (C=N–C) groups is 1. The SMILES string of the molecule is CCc1nnc(N=C(S)S)o1. The van der Waals surface area contributed by atoms with Crippen LogP contribution in [-0.4, -0.2) is 14.6 Å². The maximum Gasteiger partial charge on any atom is 0.344 e. The van der Waals surface area contributed by atoms with E-state index in [9.17, 15) is 0 Å². The molecular formula is C5H7N3OS2. The lowest BCUT2D eigenvalue weighted by Crippen LogP contribution is -1.76. The van der Waals surface area contributed by atoms with Crippen LogP contribution in [0, 0.1) is 0 Å². The van der Waals surface area contributed by atoms with Gasteiger partial charge in [-0.25, -0.2) is 0 Å². The molecule has 0 aliphatic heterocycles. The minimum atomic E-state index is 0.196. The molecule has 6 heteroatoms. The lowest BCUT2D eigenvalue weighted by molar-refractivity contribution is 0.510. The quantitative estimate of drug-likeness (QED) is 0.421. The van der Waals surface area contributed by atoms with Crippen LogP contribution in [0.2, 0.25) is 0 Å². The average molecular weight is 189 g/mol. The fraction of sp³-hybridized carbons (Fsp3) is 0.400. The van der Waals surface area contributed by atoms with Crippen LogP contribution in [0.1, 0.15) is 12.8 Å². The molecule has 1 aromatic heterocycles. The standard InChI is InChI=1S/C5H7N3OS2/c1-2-3-7-8-4(9-3)6-5(10)11/h2H2,1H3,(H2,6,8,10,11). The highest BCUT2D eigenvalue weighted by Gasteiger charge is 2.00. The smallest absolute Gasteiger partial charge is 0.344 e. The Kier molecular flexibility index (Phi) is 2.95. The third-order valence-electron chi connectivity index (χ3n) is 0.954. The Morgan fingerprint density at radius 2 is 2.27 bits per heavy atom. The minimum Gasteiger partial charge on any atom is -0.407 e. The zero-order valence-electron chi connectivity index (χ0n) is 5.85. The minimum absolute atomic E-state index is 0.196. The maximum atomic E-state index is 5.04. The summed E-state index contributed by atoms with van der Waals surface area (Å²) < 4.78 is 5.34. The van der Waals surface area contributed by atoms with E-state index >= 15 is 0 Å². The van der Waals surface area contributed by atoms with Gasteiger partial charge in [0.05, 0.1) is 0 Å². The van der Waals surface area contributed by atoms with Crippen molar-refractivity contribution >= 4 is 35.6 Å². The lowest BCUT2D eigenvalue weighted by Gasteiger charge is -1.82. The van der Waals surface area contributed by atoms with E-state index in [0.717, 1.165) is 0 Å². The van der Waals surface area contributed by atoms with Gasteiger partial charge in [0.1, 0.15) is 4.38 Å². The second-order valence-corrected chi connectivity index (χ2v) is 2.94. The molecule has 1 aromatic rings. The van der Waals surface area contributed by atoms with Crippen molar-refractivity contribution in [2.24, 2.45) is 4.99 Å². The highest BCUT2D eigenvalue weighted by molar-refractivity contribution is 8.23. The highest BCUT2D eigenvalue weighted by Crippen LogP contribution is 2.11. The van der Waals surface area contributed by atoms with Crippen LogP contribution in [0.3, 0.4) is 0 Å². The Labute approximate surface area is 74.9 Å². The van der Waals surface area contributed by atoms with Crippen molar-refractivity contribution in [1.82, 2.24) is 10.2 Å². The molecule has 11 heavy (non-hydrogen) atoms. The summed E-state index contributed by atoms with van der Waals surface area (Å²) in [5.74, 6) is 0.562. The molecule has 0 radical (unpaired) electrons. The monoisotopic (exact) mass is 189 g/mol. The average Bonchev–Trinajstić information content (AvgIpc) is 2.34. The predicted octanol–water partition coefficient (Wildman–Crippen LogP) is 1.48. The van der Waals surface area contributed by atoms with E-state index in [4.69, 9.17) is 4.42 Å². The van der Waals surface area contributed by atoms with E-state index < -0.39 is 0 Å². The zero-order chi connectivity index (χ0) is 8.27. The van der Waals surface area contributed by atoms with E-state index in [2.05, 4.69) is 40.4 Å². The largest absolute Gasteiger partial charge is 0.407 e. The van der Waals surface area contributed by atoms with Gasteiger partial charge in [0.2, 0.25) is 5.89 Å². The molecule has 0 saturated carbocycles. The molecule has 0 aromatic carbocycles. The number of aromatic nitrogens is 2. The van der Waals surface area contributed by atoms with Crippen molar-refractivity contribution in [3.63, 3.8) is 0 Å². The summed E-state index contributed by atoms with van der Waals surface area (Å²) in [5, 5.41) is 7.32. The van der Waals surface area contributed by atoms with Gasteiger partial charge in [-0.3, -0.25) is 0 Å². The summed E-state index contributed by atoms with van der Waals surface area (Å²) in [5.41, 5.74) is 0. The molecule has 0 aliphatic carbocycles. The molecule has 0 bridgehead atoms. The van der Waals surface area contributed by atoms with Gasteiger partial charge in [0.25, 0.3) is 0 Å². The molecule has 1 rings (SSSR count). The first kappa shape index (κ1) is 8.61. The van der Waals surface area contributed by atoms with Crippen molar-refractivity contribution in [3.05, 3.63) is 5.89 Å². The second-order valence-electron chi connectivity index (χ2n) is 1.74. The van der Waals surface area contributed by atoms with Crippen molar-refractivity contribution in [2.45, 2.75) is 13.3 Å². The summed E-state index contributed by atoms with van der Waals surface area (Å²) in [4.78, 5) is 3.73. The molecule has 0 amide bonds. The molecule has 0 aliphatic rings. The van der Waals surface area contributed by atoms with Gasteiger partial charge in [-0.15, -0.1) is 30.4 Å². The summed E-state index contributed by atoms with van der Waals surface area (Å²) in [6.45, 7) is 1.92. The molecule has 4 nitrogen and oxygen atoms in total. The predicted molar refractivity (Wildman–Crippen MR) is 48.7 cm³/mol. The van der Waals surface area contributed by atoms with Crippen LogP contribution in [0.25, 0.3) is 0 Å². The molecule has 0 saturated heterocycles. The molecule has 0 fully saturated rings. The molecular weight excluding hydrogens is 182 g/mol. The topological polar surface area (TPSA) is 51.3 Å². The van der Waals surface area contributed by atoms with Crippen molar-refractivity contribution in [1.29, 1.82) is 0 Å². The summed E-state index contributed by atoms with van der Waals surface area (Å²) in [7, 11) is 0. The number of nitrogens with zero attached hydrogens (tertiary/aromatic N) is 3. The van der Waals surface area contributed by atoms with Crippen LogP contribution in [-0.2, 0) is 6.42 Å². The number of thiol groups is 2. The van der Waals surface area contributed by atoms with Crippen LogP contribution < -0.4 is 0 Å². The first-order valence-corrected chi connectivity index (χ1v) is 3.90. The van der Waals surface area contributed by atoms with Gasteiger partial charge in [0.15, 0.2) is 0 Å². The van der Waals surface area contributed by atoms with Crippen molar-refractivity contribution in [2.75, 3.05) is 0 Å². The first-order valence-electron chi connectivity index (χ1n) is 3.01. The molecule has 0 atom stereocenters. The Bertz CT molecular complexity index is 266. The normalized spacial score (nSPS) is 9.73. The molecule has 0 spiro atoms.